The minimum atomic E-state index is -5.35. The Balaban J connectivity index is 2.50. The number of anilines is 1. The van der Waals surface area contributed by atoms with Crippen LogP contribution in [0.25, 0.3) is 0 Å². The van der Waals surface area contributed by atoms with Gasteiger partial charge < -0.3 is 25.8 Å². The van der Waals surface area contributed by atoms with Gasteiger partial charge in [0.25, 0.3) is 5.72 Å². The molecule has 11 heteroatoms. The third-order valence-corrected chi connectivity index (χ3v) is 4.00. The number of nitrogens with one attached hydrogen (secondary N) is 3. The Morgan fingerprint density at radius 2 is 1.82 bits per heavy atom. The summed E-state index contributed by atoms with van der Waals surface area (Å²) in [4.78, 5) is 35.4. The average molecular weight is 403 g/mol. The Morgan fingerprint density at radius 3 is 2.29 bits per heavy atom. The van der Waals surface area contributed by atoms with E-state index < -0.39 is 42.0 Å². The van der Waals surface area contributed by atoms with E-state index >= 15 is 0 Å². The van der Waals surface area contributed by atoms with Gasteiger partial charge in [0.1, 0.15) is 5.92 Å². The number of urea groups is 1. The van der Waals surface area contributed by atoms with Crippen LogP contribution < -0.4 is 16.0 Å². The number of rotatable bonds is 4. The maximum Gasteiger partial charge on any atom is 0.437 e. The second kappa shape index (κ2) is 7.66. The third-order valence-electron chi connectivity index (χ3n) is 4.00. The van der Waals surface area contributed by atoms with Crippen molar-refractivity contribution in [3.8, 4) is 0 Å². The molecular formula is C17H20F3N3O5. The number of aliphatic hydroxyl groups is 1. The summed E-state index contributed by atoms with van der Waals surface area (Å²) >= 11 is 0. The van der Waals surface area contributed by atoms with Crippen molar-refractivity contribution in [1.82, 2.24) is 10.6 Å². The number of hydrogen-bond acceptors (Lipinski definition) is 5. The SMILES string of the molecule is CC(=O)Nc1ccc(C2NC(=O)NC(O)(C(F)(F)F)C2C(=O)OC(C)C)cc1. The average Bonchev–Trinajstić information content (AvgIpc) is 2.52. The smallest absolute Gasteiger partial charge is 0.437 e. The highest BCUT2D eigenvalue weighted by atomic mass is 19.4. The van der Waals surface area contributed by atoms with Gasteiger partial charge in [-0.05, 0) is 31.5 Å². The molecule has 154 valence electrons. The predicted molar refractivity (Wildman–Crippen MR) is 90.9 cm³/mol. The first-order valence-corrected chi connectivity index (χ1v) is 8.31. The number of esters is 1. The van der Waals surface area contributed by atoms with Gasteiger partial charge in [-0.2, -0.15) is 13.2 Å². The van der Waals surface area contributed by atoms with E-state index in [4.69, 9.17) is 4.74 Å². The van der Waals surface area contributed by atoms with Crippen LogP contribution in [0.2, 0.25) is 0 Å². The summed E-state index contributed by atoms with van der Waals surface area (Å²) in [5.41, 5.74) is -3.36. The van der Waals surface area contributed by atoms with Crippen molar-refractivity contribution >= 4 is 23.6 Å². The maximum absolute atomic E-state index is 13.6. The quantitative estimate of drug-likeness (QED) is 0.572. The van der Waals surface area contributed by atoms with Crippen LogP contribution >= 0.6 is 0 Å². The largest absolute Gasteiger partial charge is 0.463 e. The molecule has 1 aromatic carbocycles. The number of carbonyl (C=O) groups is 3. The van der Waals surface area contributed by atoms with Crippen LogP contribution in [0, 0.1) is 5.92 Å². The number of benzene rings is 1. The molecule has 1 aromatic rings. The standard InChI is InChI=1S/C17H20F3N3O5/c1-8(2)28-14(25)12-13(10-4-6-11(7-5-10)21-9(3)24)22-15(26)23-16(12,27)17(18,19)20/h4-8,12-13,27H,1-3H3,(H,21,24)(H2,22,23,26). The zero-order valence-electron chi connectivity index (χ0n) is 15.3. The van der Waals surface area contributed by atoms with E-state index in [-0.39, 0.29) is 11.5 Å². The molecule has 4 N–H and O–H groups in total. The fourth-order valence-electron chi connectivity index (χ4n) is 2.86. The number of alkyl halides is 3. The summed E-state index contributed by atoms with van der Waals surface area (Å²) in [6.07, 6.45) is -6.09. The number of ether oxygens (including phenoxy) is 1. The number of hydrogen-bond donors (Lipinski definition) is 4. The monoisotopic (exact) mass is 403 g/mol. The van der Waals surface area contributed by atoms with Crippen molar-refractivity contribution < 1.29 is 37.4 Å². The van der Waals surface area contributed by atoms with Gasteiger partial charge in [-0.1, -0.05) is 12.1 Å². The first-order chi connectivity index (χ1) is 12.8. The van der Waals surface area contributed by atoms with Crippen molar-refractivity contribution in [2.45, 2.75) is 44.8 Å². The topological polar surface area (TPSA) is 117 Å². The van der Waals surface area contributed by atoms with Gasteiger partial charge in [-0.15, -0.1) is 0 Å². The minimum Gasteiger partial charge on any atom is -0.463 e. The molecule has 3 unspecified atom stereocenters. The van der Waals surface area contributed by atoms with E-state index in [2.05, 4.69) is 10.6 Å². The first kappa shape index (κ1) is 21.5. The fraction of sp³-hybridized carbons (Fsp3) is 0.471. The van der Waals surface area contributed by atoms with Gasteiger partial charge >= 0.3 is 18.2 Å². The lowest BCUT2D eigenvalue weighted by Crippen LogP contribution is -2.73. The zero-order chi connectivity index (χ0) is 21.3. The van der Waals surface area contributed by atoms with Crippen molar-refractivity contribution in [3.63, 3.8) is 0 Å². The molecular weight excluding hydrogens is 383 g/mol. The summed E-state index contributed by atoms with van der Waals surface area (Å²) < 4.78 is 45.7. The van der Waals surface area contributed by atoms with Crippen LogP contribution in [0.4, 0.5) is 23.7 Å². The summed E-state index contributed by atoms with van der Waals surface area (Å²) in [5, 5.41) is 16.4. The molecule has 8 nitrogen and oxygen atoms in total. The molecule has 28 heavy (non-hydrogen) atoms. The summed E-state index contributed by atoms with van der Waals surface area (Å²) in [5.74, 6) is -3.90. The third kappa shape index (κ3) is 4.35. The Bertz CT molecular complexity index is 766. The zero-order valence-corrected chi connectivity index (χ0v) is 15.3. The van der Waals surface area contributed by atoms with Crippen LogP contribution in [0.1, 0.15) is 32.4 Å². The van der Waals surface area contributed by atoms with E-state index in [0.717, 1.165) is 0 Å². The van der Waals surface area contributed by atoms with E-state index in [1.165, 1.54) is 50.4 Å². The fourth-order valence-corrected chi connectivity index (χ4v) is 2.86. The molecule has 3 atom stereocenters. The van der Waals surface area contributed by atoms with Gasteiger partial charge in [-0.3, -0.25) is 9.59 Å². The van der Waals surface area contributed by atoms with Crippen LogP contribution in [0.15, 0.2) is 24.3 Å². The lowest BCUT2D eigenvalue weighted by Gasteiger charge is -2.44. The number of halogens is 3. The molecule has 0 spiro atoms. The molecule has 1 aliphatic heterocycles. The summed E-state index contributed by atoms with van der Waals surface area (Å²) in [6.45, 7) is 4.16. The molecule has 0 aliphatic carbocycles. The second-order valence-corrected chi connectivity index (χ2v) is 6.61. The maximum atomic E-state index is 13.6. The Morgan fingerprint density at radius 1 is 1.25 bits per heavy atom. The van der Waals surface area contributed by atoms with Gasteiger partial charge in [-0.25, -0.2) is 4.79 Å². The van der Waals surface area contributed by atoms with Crippen molar-refractivity contribution in [2.75, 3.05) is 5.32 Å². The van der Waals surface area contributed by atoms with Crippen molar-refractivity contribution in [1.29, 1.82) is 0 Å². The lowest BCUT2D eigenvalue weighted by molar-refractivity contribution is -0.294. The molecule has 0 bridgehead atoms. The molecule has 1 fully saturated rings. The highest BCUT2D eigenvalue weighted by Crippen LogP contribution is 2.43. The lowest BCUT2D eigenvalue weighted by atomic mass is 9.82. The molecule has 2 rings (SSSR count). The summed E-state index contributed by atoms with van der Waals surface area (Å²) in [6, 6.07) is 2.61. The van der Waals surface area contributed by atoms with Crippen LogP contribution in [0.3, 0.4) is 0 Å². The van der Waals surface area contributed by atoms with Crippen molar-refractivity contribution in [2.24, 2.45) is 5.92 Å². The Kier molecular flexibility index (Phi) is 5.88. The van der Waals surface area contributed by atoms with Gasteiger partial charge in [0.05, 0.1) is 12.1 Å². The second-order valence-electron chi connectivity index (χ2n) is 6.61. The van der Waals surface area contributed by atoms with Crippen LogP contribution in [-0.2, 0) is 14.3 Å². The Hall–Kier alpha value is -2.82. The Labute approximate surface area is 158 Å². The first-order valence-electron chi connectivity index (χ1n) is 8.31. The molecule has 3 amide bonds. The number of amides is 3. The minimum absolute atomic E-state index is 0.109. The molecule has 1 saturated heterocycles. The van der Waals surface area contributed by atoms with Gasteiger partial charge in [0.15, 0.2) is 0 Å². The summed E-state index contributed by atoms with van der Waals surface area (Å²) in [7, 11) is 0. The van der Waals surface area contributed by atoms with E-state index in [9.17, 15) is 32.7 Å². The van der Waals surface area contributed by atoms with Gasteiger partial charge in [0, 0.05) is 12.6 Å². The highest BCUT2D eigenvalue weighted by molar-refractivity contribution is 5.88. The van der Waals surface area contributed by atoms with Crippen molar-refractivity contribution in [3.05, 3.63) is 29.8 Å². The van der Waals surface area contributed by atoms with E-state index in [1.807, 2.05) is 0 Å². The number of carbonyl (C=O) groups excluding carboxylic acids is 3. The predicted octanol–water partition coefficient (Wildman–Crippen LogP) is 1.82. The van der Waals surface area contributed by atoms with E-state index in [0.29, 0.717) is 5.69 Å². The van der Waals surface area contributed by atoms with Crippen LogP contribution in [-0.4, -0.2) is 41.0 Å². The molecule has 0 aromatic heterocycles. The molecule has 1 heterocycles. The van der Waals surface area contributed by atoms with Gasteiger partial charge in [0.2, 0.25) is 5.91 Å². The molecule has 0 saturated carbocycles. The molecule has 1 aliphatic rings. The highest BCUT2D eigenvalue weighted by Gasteiger charge is 2.67. The normalized spacial score (nSPS) is 24.9. The molecule has 0 radical (unpaired) electrons. The van der Waals surface area contributed by atoms with Crippen LogP contribution in [0.5, 0.6) is 0 Å². The van der Waals surface area contributed by atoms with E-state index in [1.54, 1.807) is 0 Å².